The van der Waals surface area contributed by atoms with Crippen molar-refractivity contribution in [2.45, 2.75) is 117 Å². The second kappa shape index (κ2) is 12.9. The zero-order valence-corrected chi connectivity index (χ0v) is 25.9. The Morgan fingerprint density at radius 2 is 1.31 bits per heavy atom. The van der Waals surface area contributed by atoms with Gasteiger partial charge in [-0.3, -0.25) is 4.79 Å². The summed E-state index contributed by atoms with van der Waals surface area (Å²) in [6, 6.07) is 4.01. The van der Waals surface area contributed by atoms with Crippen LogP contribution < -0.4 is 0 Å². The zero-order valence-electron chi connectivity index (χ0n) is 24.9. The van der Waals surface area contributed by atoms with E-state index < -0.39 is 66.4 Å². The van der Waals surface area contributed by atoms with Crippen LogP contribution in [-0.4, -0.2) is 24.0 Å². The van der Waals surface area contributed by atoms with Crippen molar-refractivity contribution in [3.05, 3.63) is 58.2 Å². The van der Waals surface area contributed by atoms with Crippen molar-refractivity contribution < 1.29 is 27.1 Å². The summed E-state index contributed by atoms with van der Waals surface area (Å²) in [6.45, 7) is 16.8. The lowest BCUT2D eigenvalue weighted by atomic mass is 9.77. The van der Waals surface area contributed by atoms with Crippen LogP contribution in [0.3, 0.4) is 0 Å². The molecule has 1 atom stereocenters. The van der Waals surface area contributed by atoms with E-state index in [1.807, 2.05) is 20.8 Å². The summed E-state index contributed by atoms with van der Waals surface area (Å²) in [7, 11) is -1.54. The molecule has 1 aromatic carbocycles. The number of benzene rings is 1. The van der Waals surface area contributed by atoms with Gasteiger partial charge in [-0.2, -0.15) is 0 Å². The summed E-state index contributed by atoms with van der Waals surface area (Å²) in [5.74, 6) is -6.95. The lowest BCUT2D eigenvalue weighted by Crippen LogP contribution is -2.31. The number of halogens is 4. The summed E-state index contributed by atoms with van der Waals surface area (Å²) in [4.78, 5) is 21.9. The molecular weight excluding hydrogens is 524 g/mol. The fraction of sp³-hybridized carbons (Fsp3) is 0.633. The third kappa shape index (κ3) is 7.67. The third-order valence-electron chi connectivity index (χ3n) is 7.97. The number of ether oxygens (including phenoxy) is 1. The van der Waals surface area contributed by atoms with E-state index in [2.05, 4.69) is 30.7 Å². The van der Waals surface area contributed by atoms with Gasteiger partial charge in [-0.1, -0.05) is 92.9 Å². The van der Waals surface area contributed by atoms with Gasteiger partial charge >= 0.3 is 5.97 Å². The van der Waals surface area contributed by atoms with E-state index in [9.17, 15) is 22.4 Å². The molecule has 0 N–H and O–H groups in total. The maximum absolute atomic E-state index is 14.9. The van der Waals surface area contributed by atoms with Gasteiger partial charge < -0.3 is 4.74 Å². The SMILES string of the molecule is CC[Si](CC)(CC)CCCc1c(F)c(F)c(COC(=O)C(c2cnc(C(C)(C)C)nc2)C(C)(C)C)c(F)c1F. The number of carbonyl (C=O) groups is 1. The molecule has 0 saturated heterocycles. The van der Waals surface area contributed by atoms with Crippen molar-refractivity contribution in [1.82, 2.24) is 9.97 Å². The van der Waals surface area contributed by atoms with E-state index >= 15 is 0 Å². The first-order valence-corrected chi connectivity index (χ1v) is 16.7. The molecule has 4 nitrogen and oxygen atoms in total. The van der Waals surface area contributed by atoms with Crippen LogP contribution in [0.2, 0.25) is 24.2 Å². The molecule has 1 heterocycles. The molecule has 0 spiro atoms. The lowest BCUT2D eigenvalue weighted by molar-refractivity contribution is -0.149. The summed E-state index contributed by atoms with van der Waals surface area (Å²) in [5.41, 5.74) is -2.00. The molecular formula is C30H44F4N2O2Si. The standard InChI is InChI=1S/C30H44F4N2O2Si/c1-10-39(11-2,12-3)15-13-14-20-23(31)25(33)21(26(34)24(20)32)18-38-27(37)22(29(4,5)6)19-16-35-28(36-17-19)30(7,8)9/h16-17,22H,10-15,18H2,1-9H3. The van der Waals surface area contributed by atoms with Gasteiger partial charge in [0.25, 0.3) is 0 Å². The van der Waals surface area contributed by atoms with Crippen LogP contribution in [0.5, 0.6) is 0 Å². The highest BCUT2D eigenvalue weighted by Gasteiger charge is 2.36. The number of aromatic nitrogens is 2. The topological polar surface area (TPSA) is 52.1 Å². The van der Waals surface area contributed by atoms with E-state index in [0.717, 1.165) is 24.2 Å². The largest absolute Gasteiger partial charge is 0.460 e. The molecule has 0 aliphatic carbocycles. The van der Waals surface area contributed by atoms with Crippen molar-refractivity contribution in [3.63, 3.8) is 0 Å². The quantitative estimate of drug-likeness (QED) is 0.118. The van der Waals surface area contributed by atoms with Crippen LogP contribution >= 0.6 is 0 Å². The first-order chi connectivity index (χ1) is 18.0. The number of esters is 1. The first-order valence-electron chi connectivity index (χ1n) is 13.9. The summed E-state index contributed by atoms with van der Waals surface area (Å²) < 4.78 is 65.0. The number of nitrogens with zero attached hydrogens (tertiary/aromatic N) is 2. The predicted molar refractivity (Wildman–Crippen MR) is 149 cm³/mol. The van der Waals surface area contributed by atoms with E-state index in [1.165, 1.54) is 12.4 Å². The smallest absolute Gasteiger partial charge is 0.314 e. The van der Waals surface area contributed by atoms with Gasteiger partial charge in [-0.15, -0.1) is 0 Å². The minimum absolute atomic E-state index is 0.0863. The van der Waals surface area contributed by atoms with Crippen LogP contribution in [0, 0.1) is 28.7 Å². The molecule has 0 fully saturated rings. The van der Waals surface area contributed by atoms with E-state index in [-0.39, 0.29) is 11.8 Å². The fourth-order valence-electron chi connectivity index (χ4n) is 5.08. The van der Waals surface area contributed by atoms with E-state index in [0.29, 0.717) is 17.8 Å². The molecule has 9 heteroatoms. The Kier molecular flexibility index (Phi) is 10.9. The van der Waals surface area contributed by atoms with Crippen molar-refractivity contribution >= 4 is 14.0 Å². The van der Waals surface area contributed by atoms with Gasteiger partial charge in [0.15, 0.2) is 23.3 Å². The first kappa shape index (κ1) is 32.9. The number of rotatable bonds is 11. The molecule has 1 aromatic heterocycles. The molecule has 0 aliphatic rings. The Morgan fingerprint density at radius 1 is 0.846 bits per heavy atom. The van der Waals surface area contributed by atoms with Crippen molar-refractivity contribution in [3.8, 4) is 0 Å². The Bertz CT molecular complexity index is 1100. The van der Waals surface area contributed by atoms with Gasteiger partial charge in [-0.05, 0) is 11.8 Å². The summed E-state index contributed by atoms with van der Waals surface area (Å²) in [6.07, 6.45) is 3.45. The molecule has 39 heavy (non-hydrogen) atoms. The molecule has 0 aliphatic heterocycles. The highest BCUT2D eigenvalue weighted by atomic mass is 28.3. The lowest BCUT2D eigenvalue weighted by Gasteiger charge is -2.29. The average Bonchev–Trinajstić information content (AvgIpc) is 2.86. The average molecular weight is 569 g/mol. The Balaban J connectivity index is 2.26. The van der Waals surface area contributed by atoms with Crippen molar-refractivity contribution in [2.75, 3.05) is 0 Å². The maximum atomic E-state index is 14.9. The molecule has 2 rings (SSSR count). The second-order valence-corrected chi connectivity index (χ2v) is 18.2. The van der Waals surface area contributed by atoms with Gasteiger partial charge in [0.1, 0.15) is 12.4 Å². The Labute approximate surface area is 232 Å². The van der Waals surface area contributed by atoms with Crippen LogP contribution in [0.15, 0.2) is 12.4 Å². The Morgan fingerprint density at radius 3 is 1.72 bits per heavy atom. The molecule has 0 amide bonds. The minimum Gasteiger partial charge on any atom is -0.460 e. The van der Waals surface area contributed by atoms with Crippen LogP contribution in [0.1, 0.15) is 97.2 Å². The van der Waals surface area contributed by atoms with Crippen LogP contribution in [0.25, 0.3) is 0 Å². The summed E-state index contributed by atoms with van der Waals surface area (Å²) >= 11 is 0. The maximum Gasteiger partial charge on any atom is 0.314 e. The predicted octanol–water partition coefficient (Wildman–Crippen LogP) is 8.64. The monoisotopic (exact) mass is 568 g/mol. The second-order valence-electron chi connectivity index (χ2n) is 12.6. The molecule has 1 unspecified atom stereocenters. The molecule has 0 bridgehead atoms. The van der Waals surface area contributed by atoms with E-state index in [1.54, 1.807) is 20.8 Å². The Hall–Kier alpha value is -2.29. The van der Waals surface area contributed by atoms with E-state index in [4.69, 9.17) is 4.74 Å². The molecule has 0 radical (unpaired) electrons. The summed E-state index contributed by atoms with van der Waals surface area (Å²) in [5, 5.41) is 0. The third-order valence-corrected chi connectivity index (χ3v) is 13.9. The van der Waals surface area contributed by atoms with Gasteiger partial charge in [-0.25, -0.2) is 27.5 Å². The number of carbonyl (C=O) groups excluding carboxylic acids is 1. The highest BCUT2D eigenvalue weighted by Crippen LogP contribution is 2.37. The van der Waals surface area contributed by atoms with Crippen LogP contribution in [-0.2, 0) is 28.0 Å². The molecule has 218 valence electrons. The minimum atomic E-state index is -1.54. The van der Waals surface area contributed by atoms with Gasteiger partial charge in [0, 0.05) is 28.9 Å². The highest BCUT2D eigenvalue weighted by molar-refractivity contribution is 6.79. The van der Waals surface area contributed by atoms with Crippen molar-refractivity contribution in [1.29, 1.82) is 0 Å². The van der Waals surface area contributed by atoms with Gasteiger partial charge in [0.05, 0.1) is 19.6 Å². The molecule has 2 aromatic rings. The van der Waals surface area contributed by atoms with Crippen LogP contribution in [0.4, 0.5) is 17.6 Å². The molecule has 0 saturated carbocycles. The fourth-order valence-corrected chi connectivity index (χ4v) is 8.57. The number of hydrogen-bond donors (Lipinski definition) is 0. The number of hydrogen-bond acceptors (Lipinski definition) is 4. The normalized spacial score (nSPS) is 13.5. The van der Waals surface area contributed by atoms with Crippen molar-refractivity contribution in [2.24, 2.45) is 5.41 Å². The zero-order chi connectivity index (χ0) is 29.8. The van der Waals surface area contributed by atoms with Gasteiger partial charge in [0.2, 0.25) is 0 Å².